The predicted octanol–water partition coefficient (Wildman–Crippen LogP) is 3.70. The minimum atomic E-state index is 0.709. The Bertz CT molecular complexity index is 661. The maximum absolute atomic E-state index is 5.97. The van der Waals surface area contributed by atoms with E-state index in [1.165, 1.54) is 5.71 Å². The minimum absolute atomic E-state index is 0.709. The largest absolute Gasteiger partial charge is 0.383 e. The maximum atomic E-state index is 5.97. The number of hydrogen-bond donors (Lipinski definition) is 1. The van der Waals surface area contributed by atoms with E-state index >= 15 is 0 Å². The van der Waals surface area contributed by atoms with E-state index in [1.54, 1.807) is 6.20 Å². The van der Waals surface area contributed by atoms with Crippen LogP contribution in [0.2, 0.25) is 5.02 Å². The molecule has 19 heavy (non-hydrogen) atoms. The summed E-state index contributed by atoms with van der Waals surface area (Å²) in [5, 5.41) is 5.19. The molecule has 3 nitrogen and oxygen atoms in total. The molecule has 0 saturated heterocycles. The Labute approximate surface area is 117 Å². The fraction of sp³-hybridized carbons (Fsp3) is 0.200. The van der Waals surface area contributed by atoms with Gasteiger partial charge in [-0.25, -0.2) is 0 Å². The standard InChI is InChI=1S/C15H14ClN3/c16-11-4-5-13-14(6-7-18-15(13)10-11)19-9-8-17-12-2-1-3-12/h1-2,4-7,10H,3,8-9H2,(H,18,19). The number of rotatable bonds is 4. The Kier molecular flexibility index (Phi) is 3.47. The average molecular weight is 272 g/mol. The molecule has 1 N–H and O–H groups in total. The van der Waals surface area contributed by atoms with Crippen molar-refractivity contribution in [3.05, 3.63) is 47.6 Å². The molecule has 0 unspecified atom stereocenters. The first kappa shape index (κ1) is 12.2. The van der Waals surface area contributed by atoms with Crippen LogP contribution in [0.3, 0.4) is 0 Å². The van der Waals surface area contributed by atoms with Gasteiger partial charge in [0.05, 0.1) is 12.1 Å². The molecule has 1 aromatic carbocycles. The van der Waals surface area contributed by atoms with Crippen molar-refractivity contribution in [2.75, 3.05) is 18.4 Å². The third kappa shape index (κ3) is 2.76. The average Bonchev–Trinajstić information content (AvgIpc) is 2.36. The molecule has 0 fully saturated rings. The molecule has 96 valence electrons. The molecule has 0 saturated carbocycles. The number of anilines is 1. The van der Waals surface area contributed by atoms with Crippen LogP contribution >= 0.6 is 11.6 Å². The van der Waals surface area contributed by atoms with Gasteiger partial charge in [0.1, 0.15) is 0 Å². The van der Waals surface area contributed by atoms with Crippen LogP contribution in [0, 0.1) is 0 Å². The number of halogens is 1. The molecule has 0 atom stereocenters. The lowest BCUT2D eigenvalue weighted by Crippen LogP contribution is -2.09. The van der Waals surface area contributed by atoms with Gasteiger partial charge in [0.25, 0.3) is 0 Å². The number of benzene rings is 1. The van der Waals surface area contributed by atoms with Crippen LogP contribution in [-0.4, -0.2) is 23.8 Å². The molecule has 1 aliphatic carbocycles. The number of allylic oxidation sites excluding steroid dienone is 2. The van der Waals surface area contributed by atoms with E-state index in [1.807, 2.05) is 24.3 Å². The summed E-state index contributed by atoms with van der Waals surface area (Å²) >= 11 is 5.97. The van der Waals surface area contributed by atoms with Gasteiger partial charge in [-0.15, -0.1) is 0 Å². The van der Waals surface area contributed by atoms with Crippen molar-refractivity contribution < 1.29 is 0 Å². The minimum Gasteiger partial charge on any atom is -0.383 e. The van der Waals surface area contributed by atoms with E-state index < -0.39 is 0 Å². The fourth-order valence-electron chi connectivity index (χ4n) is 2.01. The summed E-state index contributed by atoms with van der Waals surface area (Å²) in [6, 6.07) is 7.73. The molecular weight excluding hydrogens is 258 g/mol. The normalized spacial score (nSPS) is 15.7. The molecule has 0 aliphatic heterocycles. The predicted molar refractivity (Wildman–Crippen MR) is 81.3 cm³/mol. The molecule has 2 aromatic rings. The Hall–Kier alpha value is -1.87. The summed E-state index contributed by atoms with van der Waals surface area (Å²) in [4.78, 5) is 8.79. The summed E-state index contributed by atoms with van der Waals surface area (Å²) in [6.07, 6.45) is 6.98. The number of fused-ring (bicyclic) bond motifs is 1. The molecule has 0 bridgehead atoms. The lowest BCUT2D eigenvalue weighted by atomic mass is 10.1. The van der Waals surface area contributed by atoms with Crippen LogP contribution in [-0.2, 0) is 0 Å². The lowest BCUT2D eigenvalue weighted by Gasteiger charge is -2.09. The Morgan fingerprint density at radius 1 is 1.32 bits per heavy atom. The molecule has 0 amide bonds. The number of nitrogens with one attached hydrogen (secondary N) is 1. The van der Waals surface area contributed by atoms with Gasteiger partial charge in [-0.3, -0.25) is 9.98 Å². The van der Waals surface area contributed by atoms with Gasteiger partial charge in [-0.1, -0.05) is 17.7 Å². The number of aliphatic imine (C=N–C) groups is 1. The van der Waals surface area contributed by atoms with E-state index in [0.29, 0.717) is 5.02 Å². The third-order valence-electron chi connectivity index (χ3n) is 3.08. The van der Waals surface area contributed by atoms with Gasteiger partial charge < -0.3 is 5.32 Å². The second kappa shape index (κ2) is 5.41. The Morgan fingerprint density at radius 2 is 2.21 bits per heavy atom. The van der Waals surface area contributed by atoms with Crippen molar-refractivity contribution >= 4 is 33.9 Å². The summed E-state index contributed by atoms with van der Waals surface area (Å²) in [5.41, 5.74) is 3.17. The van der Waals surface area contributed by atoms with Crippen LogP contribution < -0.4 is 5.32 Å². The van der Waals surface area contributed by atoms with Crippen LogP contribution in [0.25, 0.3) is 10.9 Å². The highest BCUT2D eigenvalue weighted by Gasteiger charge is 2.02. The van der Waals surface area contributed by atoms with Gasteiger partial charge in [-0.05, 0) is 30.3 Å². The van der Waals surface area contributed by atoms with Crippen LogP contribution in [0.15, 0.2) is 47.6 Å². The first-order chi connectivity index (χ1) is 9.33. The lowest BCUT2D eigenvalue weighted by molar-refractivity contribution is 1.02. The Morgan fingerprint density at radius 3 is 3.00 bits per heavy atom. The summed E-state index contributed by atoms with van der Waals surface area (Å²) < 4.78 is 0. The highest BCUT2D eigenvalue weighted by Crippen LogP contribution is 2.24. The summed E-state index contributed by atoms with van der Waals surface area (Å²) in [6.45, 7) is 1.61. The smallest absolute Gasteiger partial charge is 0.0737 e. The number of aromatic nitrogens is 1. The molecule has 3 rings (SSSR count). The summed E-state index contributed by atoms with van der Waals surface area (Å²) in [5.74, 6) is 0. The van der Waals surface area contributed by atoms with Gasteiger partial charge in [-0.2, -0.15) is 0 Å². The number of pyridine rings is 1. The zero-order valence-corrected chi connectivity index (χ0v) is 11.2. The molecule has 4 heteroatoms. The molecule has 0 radical (unpaired) electrons. The van der Waals surface area contributed by atoms with Crippen molar-refractivity contribution in [2.45, 2.75) is 6.42 Å². The van der Waals surface area contributed by atoms with Gasteiger partial charge in [0.2, 0.25) is 0 Å². The van der Waals surface area contributed by atoms with Gasteiger partial charge >= 0.3 is 0 Å². The van der Waals surface area contributed by atoms with Gasteiger partial charge in [0.15, 0.2) is 0 Å². The zero-order valence-electron chi connectivity index (χ0n) is 10.4. The number of hydrogen-bond acceptors (Lipinski definition) is 3. The molecule has 1 aliphatic rings. The quantitative estimate of drug-likeness (QED) is 0.861. The molecule has 1 heterocycles. The fourth-order valence-corrected chi connectivity index (χ4v) is 2.17. The van der Waals surface area contributed by atoms with Crippen LogP contribution in [0.5, 0.6) is 0 Å². The highest BCUT2D eigenvalue weighted by atomic mass is 35.5. The van der Waals surface area contributed by atoms with E-state index in [-0.39, 0.29) is 0 Å². The molecule has 1 aromatic heterocycles. The highest BCUT2D eigenvalue weighted by molar-refractivity contribution is 6.31. The van der Waals surface area contributed by atoms with E-state index in [0.717, 1.165) is 36.1 Å². The van der Waals surface area contributed by atoms with Crippen LogP contribution in [0.1, 0.15) is 6.42 Å². The number of nitrogens with zero attached hydrogens (tertiary/aromatic N) is 2. The summed E-state index contributed by atoms with van der Waals surface area (Å²) in [7, 11) is 0. The van der Waals surface area contributed by atoms with Crippen molar-refractivity contribution in [1.29, 1.82) is 0 Å². The van der Waals surface area contributed by atoms with Crippen LogP contribution in [0.4, 0.5) is 5.69 Å². The third-order valence-corrected chi connectivity index (χ3v) is 3.32. The zero-order chi connectivity index (χ0) is 13.1. The molecule has 0 spiro atoms. The molecular formula is C15H14ClN3. The van der Waals surface area contributed by atoms with Crippen molar-refractivity contribution in [3.8, 4) is 0 Å². The van der Waals surface area contributed by atoms with Gasteiger partial charge in [0, 0.05) is 41.0 Å². The van der Waals surface area contributed by atoms with Crippen molar-refractivity contribution in [3.63, 3.8) is 0 Å². The van der Waals surface area contributed by atoms with E-state index in [2.05, 4.69) is 27.4 Å². The topological polar surface area (TPSA) is 37.3 Å². The second-order valence-corrected chi connectivity index (χ2v) is 4.86. The van der Waals surface area contributed by atoms with Crippen molar-refractivity contribution in [2.24, 2.45) is 4.99 Å². The monoisotopic (exact) mass is 271 g/mol. The Balaban J connectivity index is 1.71. The first-order valence-electron chi connectivity index (χ1n) is 6.31. The van der Waals surface area contributed by atoms with Crippen molar-refractivity contribution in [1.82, 2.24) is 4.98 Å². The first-order valence-corrected chi connectivity index (χ1v) is 6.69. The van der Waals surface area contributed by atoms with E-state index in [9.17, 15) is 0 Å². The maximum Gasteiger partial charge on any atom is 0.0737 e. The second-order valence-electron chi connectivity index (χ2n) is 4.43. The SMILES string of the molecule is Clc1ccc2c(NCCN=C3C=CC3)ccnc2c1. The van der Waals surface area contributed by atoms with E-state index in [4.69, 9.17) is 11.6 Å².